The van der Waals surface area contributed by atoms with E-state index in [1.54, 1.807) is 18.2 Å². The van der Waals surface area contributed by atoms with Crippen molar-refractivity contribution in [3.8, 4) is 11.1 Å². The lowest BCUT2D eigenvalue weighted by atomic mass is 9.97. The predicted octanol–water partition coefficient (Wildman–Crippen LogP) is 4.68. The molecule has 0 bridgehead atoms. The summed E-state index contributed by atoms with van der Waals surface area (Å²) in [7, 11) is 1.23. The van der Waals surface area contributed by atoms with E-state index < -0.39 is 12.1 Å². The number of halogens is 1. The number of ether oxygens (including phenoxy) is 1. The Morgan fingerprint density at radius 1 is 1.21 bits per heavy atom. The van der Waals surface area contributed by atoms with E-state index in [1.807, 2.05) is 6.08 Å². The molecule has 1 aliphatic heterocycles. The third kappa shape index (κ3) is 6.35. The van der Waals surface area contributed by atoms with Gasteiger partial charge < -0.3 is 14.9 Å². The number of carbonyl (C=O) groups is 2. The normalized spacial score (nSPS) is 15.8. The maximum atomic E-state index is 13.6. The van der Waals surface area contributed by atoms with Crippen LogP contribution in [0.1, 0.15) is 63.6 Å². The molecule has 34 heavy (non-hydrogen) atoms. The van der Waals surface area contributed by atoms with Crippen molar-refractivity contribution in [1.82, 2.24) is 4.68 Å². The number of rotatable bonds is 9. The first-order valence-corrected chi connectivity index (χ1v) is 11.9. The van der Waals surface area contributed by atoms with Gasteiger partial charge in [0.2, 0.25) is 0 Å². The van der Waals surface area contributed by atoms with Crippen LogP contribution in [0.15, 0.2) is 36.5 Å². The standard InChI is InChI=1S/C27H35FN2O4/c1-18(2)27-24(10-9-22(31)15-23(32)16-26(33)34-4)25(20-5-7-21(28)8-6-20)17-30(27)29-13-11-19(3)12-14-29/h5-10,17-19,22,31H,11-16H2,1-4H3. The average Bonchev–Trinajstić information content (AvgIpc) is 3.18. The molecule has 2 aromatic rings. The second-order valence-electron chi connectivity index (χ2n) is 9.41. The van der Waals surface area contributed by atoms with Crippen LogP contribution < -0.4 is 5.01 Å². The van der Waals surface area contributed by atoms with E-state index in [1.165, 1.54) is 19.2 Å². The fraction of sp³-hybridized carbons (Fsp3) is 0.481. The number of ketones is 1. The lowest BCUT2D eigenvalue weighted by molar-refractivity contribution is -0.143. The summed E-state index contributed by atoms with van der Waals surface area (Å²) in [5, 5.41) is 12.8. The van der Waals surface area contributed by atoms with Crippen molar-refractivity contribution in [2.75, 3.05) is 25.2 Å². The number of hydrogen-bond donors (Lipinski definition) is 1. The van der Waals surface area contributed by atoms with Crippen molar-refractivity contribution < 1.29 is 23.8 Å². The molecule has 1 N–H and O–H groups in total. The highest BCUT2D eigenvalue weighted by atomic mass is 19.1. The molecule has 0 amide bonds. The van der Waals surface area contributed by atoms with Crippen molar-refractivity contribution >= 4 is 17.8 Å². The van der Waals surface area contributed by atoms with Crippen LogP contribution in [0.25, 0.3) is 17.2 Å². The summed E-state index contributed by atoms with van der Waals surface area (Å²) in [5.41, 5.74) is 3.84. The lowest BCUT2D eigenvalue weighted by Crippen LogP contribution is -2.41. The monoisotopic (exact) mass is 470 g/mol. The molecule has 6 nitrogen and oxygen atoms in total. The number of benzene rings is 1. The first kappa shape index (κ1) is 25.7. The van der Waals surface area contributed by atoms with Crippen molar-refractivity contribution in [2.45, 2.75) is 58.5 Å². The topological polar surface area (TPSA) is 71.8 Å². The van der Waals surface area contributed by atoms with Crippen LogP contribution in [-0.2, 0) is 14.3 Å². The van der Waals surface area contributed by atoms with Gasteiger partial charge in [-0.2, -0.15) is 0 Å². The first-order chi connectivity index (χ1) is 16.2. The van der Waals surface area contributed by atoms with Crippen LogP contribution >= 0.6 is 0 Å². The molecule has 2 heterocycles. The van der Waals surface area contributed by atoms with Crippen LogP contribution in [0.2, 0.25) is 0 Å². The van der Waals surface area contributed by atoms with Crippen LogP contribution in [-0.4, -0.2) is 47.8 Å². The molecule has 7 heteroatoms. The van der Waals surface area contributed by atoms with Gasteiger partial charge in [-0.1, -0.05) is 45.1 Å². The number of Topliss-reactive ketones (excluding diaryl/α,β-unsaturated/α-hetero) is 1. The molecule has 1 aliphatic rings. The third-order valence-electron chi connectivity index (χ3n) is 6.32. The van der Waals surface area contributed by atoms with E-state index in [0.717, 1.165) is 48.3 Å². The molecular formula is C27H35FN2O4. The molecule has 3 rings (SSSR count). The molecule has 1 saturated heterocycles. The highest BCUT2D eigenvalue weighted by Crippen LogP contribution is 2.35. The second kappa shape index (κ2) is 11.5. The van der Waals surface area contributed by atoms with Crippen LogP contribution in [0.4, 0.5) is 4.39 Å². The second-order valence-corrected chi connectivity index (χ2v) is 9.41. The molecule has 0 aliphatic carbocycles. The maximum absolute atomic E-state index is 13.6. The number of aliphatic hydroxyl groups excluding tert-OH is 1. The van der Waals surface area contributed by atoms with Crippen LogP contribution in [0.5, 0.6) is 0 Å². The Hall–Kier alpha value is -2.93. The molecule has 0 saturated carbocycles. The van der Waals surface area contributed by atoms with Gasteiger partial charge in [0.05, 0.1) is 13.2 Å². The molecule has 1 fully saturated rings. The summed E-state index contributed by atoms with van der Waals surface area (Å²) in [4.78, 5) is 23.4. The molecule has 1 aromatic carbocycles. The molecule has 1 aromatic heterocycles. The Kier molecular flexibility index (Phi) is 8.67. The summed E-state index contributed by atoms with van der Waals surface area (Å²) in [6.07, 6.45) is 6.20. The number of methoxy groups -OCH3 is 1. The summed E-state index contributed by atoms with van der Waals surface area (Å²) >= 11 is 0. The number of piperidine rings is 1. The minimum Gasteiger partial charge on any atom is -0.469 e. The summed E-state index contributed by atoms with van der Waals surface area (Å²) in [6, 6.07) is 6.40. The zero-order valence-electron chi connectivity index (χ0n) is 20.5. The van der Waals surface area contributed by atoms with Crippen molar-refractivity contribution in [1.29, 1.82) is 0 Å². The van der Waals surface area contributed by atoms with Gasteiger partial charge in [0.1, 0.15) is 18.0 Å². The highest BCUT2D eigenvalue weighted by Gasteiger charge is 2.24. The van der Waals surface area contributed by atoms with Gasteiger partial charge in [0, 0.05) is 42.5 Å². The summed E-state index contributed by atoms with van der Waals surface area (Å²) < 4.78 is 20.3. The zero-order chi connectivity index (χ0) is 24.8. The quantitative estimate of drug-likeness (QED) is 0.426. The van der Waals surface area contributed by atoms with E-state index in [0.29, 0.717) is 5.92 Å². The van der Waals surface area contributed by atoms with E-state index in [4.69, 9.17) is 0 Å². The zero-order valence-corrected chi connectivity index (χ0v) is 20.5. The van der Waals surface area contributed by atoms with E-state index in [2.05, 4.69) is 41.4 Å². The molecule has 1 atom stereocenters. The predicted molar refractivity (Wildman–Crippen MR) is 132 cm³/mol. The van der Waals surface area contributed by atoms with Crippen molar-refractivity contribution in [3.63, 3.8) is 0 Å². The average molecular weight is 471 g/mol. The third-order valence-corrected chi connectivity index (χ3v) is 6.32. The molecule has 0 radical (unpaired) electrons. The number of esters is 1. The minimum absolute atomic E-state index is 0.167. The van der Waals surface area contributed by atoms with E-state index in [9.17, 15) is 19.1 Å². The fourth-order valence-electron chi connectivity index (χ4n) is 4.39. The van der Waals surface area contributed by atoms with Crippen molar-refractivity contribution in [3.05, 3.63) is 53.6 Å². The van der Waals surface area contributed by atoms with E-state index in [-0.39, 0.29) is 30.4 Å². The summed E-state index contributed by atoms with van der Waals surface area (Å²) in [5.74, 6) is -0.412. The number of aromatic nitrogens is 1. The van der Waals surface area contributed by atoms with Crippen molar-refractivity contribution in [2.24, 2.45) is 5.92 Å². The maximum Gasteiger partial charge on any atom is 0.313 e. The molecule has 184 valence electrons. The number of nitrogens with zero attached hydrogens (tertiary/aromatic N) is 2. The van der Waals surface area contributed by atoms with E-state index >= 15 is 0 Å². The van der Waals surface area contributed by atoms with Gasteiger partial charge in [0.25, 0.3) is 0 Å². The van der Waals surface area contributed by atoms with Gasteiger partial charge in [-0.3, -0.25) is 14.3 Å². The smallest absolute Gasteiger partial charge is 0.313 e. The summed E-state index contributed by atoms with van der Waals surface area (Å²) in [6.45, 7) is 8.43. The van der Waals surface area contributed by atoms with Gasteiger partial charge in [-0.05, 0) is 42.4 Å². The Balaban J connectivity index is 1.97. The van der Waals surface area contributed by atoms with Gasteiger partial charge in [-0.25, -0.2) is 4.39 Å². The van der Waals surface area contributed by atoms with Gasteiger partial charge >= 0.3 is 5.97 Å². The Morgan fingerprint density at radius 3 is 2.44 bits per heavy atom. The first-order valence-electron chi connectivity index (χ1n) is 11.9. The molecule has 1 unspecified atom stereocenters. The lowest BCUT2D eigenvalue weighted by Gasteiger charge is -2.35. The minimum atomic E-state index is -1.03. The van der Waals surface area contributed by atoms with Gasteiger partial charge in [0.15, 0.2) is 0 Å². The molecule has 0 spiro atoms. The van der Waals surface area contributed by atoms with Crippen LogP contribution in [0.3, 0.4) is 0 Å². The van der Waals surface area contributed by atoms with Crippen LogP contribution in [0, 0.1) is 11.7 Å². The number of aliphatic hydroxyl groups is 1. The Morgan fingerprint density at radius 2 is 1.85 bits per heavy atom. The fourth-order valence-corrected chi connectivity index (χ4v) is 4.39. The number of hydrogen-bond acceptors (Lipinski definition) is 5. The highest BCUT2D eigenvalue weighted by molar-refractivity contribution is 5.95. The number of carbonyl (C=O) groups excluding carboxylic acids is 2. The Labute approximate surface area is 201 Å². The Bertz CT molecular complexity index is 1020. The largest absolute Gasteiger partial charge is 0.469 e. The molecular weight excluding hydrogens is 435 g/mol. The SMILES string of the molecule is COC(=O)CC(=O)CC(O)C=Cc1c(-c2ccc(F)cc2)cn(N2CCC(C)CC2)c1C(C)C. The van der Waals surface area contributed by atoms with Gasteiger partial charge in [-0.15, -0.1) is 0 Å².